The van der Waals surface area contributed by atoms with Gasteiger partial charge < -0.3 is 9.47 Å². The number of ether oxygens (including phenoxy) is 2. The van der Waals surface area contributed by atoms with Gasteiger partial charge in [-0.05, 0) is 70.1 Å². The molecule has 0 aromatic heterocycles. The monoisotopic (exact) mass is 280 g/mol. The molecule has 114 valence electrons. The van der Waals surface area contributed by atoms with Crippen LogP contribution in [-0.4, -0.2) is 25.3 Å². The maximum absolute atomic E-state index is 11.5. The highest BCUT2D eigenvalue weighted by molar-refractivity contribution is 5.87. The minimum Gasteiger partial charge on any atom is -0.459 e. The van der Waals surface area contributed by atoms with Gasteiger partial charge in [0.25, 0.3) is 0 Å². The Kier molecular flexibility index (Phi) is 5.64. The Hall–Kier alpha value is -0.830. The van der Waals surface area contributed by atoms with Crippen LogP contribution < -0.4 is 0 Å². The van der Waals surface area contributed by atoms with E-state index in [1.54, 1.807) is 6.92 Å². The number of esters is 1. The Balaban J connectivity index is 1.72. The molecule has 2 aliphatic rings. The molecule has 2 fully saturated rings. The largest absolute Gasteiger partial charge is 0.459 e. The fourth-order valence-corrected chi connectivity index (χ4v) is 3.73. The zero-order chi connectivity index (χ0) is 14.5. The summed E-state index contributed by atoms with van der Waals surface area (Å²) in [7, 11) is 1.83. The first-order chi connectivity index (χ1) is 9.60. The van der Waals surface area contributed by atoms with Gasteiger partial charge in [0, 0.05) is 12.7 Å². The molecule has 2 rings (SSSR count). The van der Waals surface area contributed by atoms with E-state index in [-0.39, 0.29) is 12.1 Å². The highest BCUT2D eigenvalue weighted by Crippen LogP contribution is 2.39. The van der Waals surface area contributed by atoms with Crippen molar-refractivity contribution in [1.29, 1.82) is 0 Å². The van der Waals surface area contributed by atoms with Crippen LogP contribution in [0.3, 0.4) is 0 Å². The van der Waals surface area contributed by atoms with E-state index in [4.69, 9.17) is 9.47 Å². The molecule has 0 N–H and O–H groups in total. The molecule has 0 aromatic carbocycles. The normalized spacial score (nSPS) is 34.5. The SMILES string of the molecule is C=C(C)C(=O)OC1CCC(C2CCC(OC)CC2)CC1. The van der Waals surface area contributed by atoms with E-state index < -0.39 is 0 Å². The summed E-state index contributed by atoms with van der Waals surface area (Å²) in [6, 6.07) is 0. The van der Waals surface area contributed by atoms with Crippen LogP contribution in [0.1, 0.15) is 58.3 Å². The molecule has 0 heterocycles. The average molecular weight is 280 g/mol. The summed E-state index contributed by atoms with van der Waals surface area (Å²) >= 11 is 0. The zero-order valence-electron chi connectivity index (χ0n) is 12.9. The number of hydrogen-bond donors (Lipinski definition) is 0. The molecular weight excluding hydrogens is 252 g/mol. The zero-order valence-corrected chi connectivity index (χ0v) is 12.9. The number of hydrogen-bond acceptors (Lipinski definition) is 3. The van der Waals surface area contributed by atoms with Crippen molar-refractivity contribution in [3.05, 3.63) is 12.2 Å². The Morgan fingerprint density at radius 3 is 1.75 bits per heavy atom. The van der Waals surface area contributed by atoms with Crippen LogP contribution in [0.15, 0.2) is 12.2 Å². The molecule has 0 radical (unpaired) electrons. The molecule has 0 amide bonds. The second kappa shape index (κ2) is 7.26. The van der Waals surface area contributed by atoms with E-state index in [0.29, 0.717) is 11.7 Å². The summed E-state index contributed by atoms with van der Waals surface area (Å²) in [6.45, 7) is 5.35. The fourth-order valence-electron chi connectivity index (χ4n) is 3.73. The van der Waals surface area contributed by atoms with Gasteiger partial charge in [0.15, 0.2) is 0 Å². The first-order valence-corrected chi connectivity index (χ1v) is 7.99. The number of carbonyl (C=O) groups is 1. The van der Waals surface area contributed by atoms with Gasteiger partial charge in [-0.25, -0.2) is 4.79 Å². The van der Waals surface area contributed by atoms with Crippen molar-refractivity contribution in [3.8, 4) is 0 Å². The van der Waals surface area contributed by atoms with Gasteiger partial charge in [0.05, 0.1) is 6.10 Å². The summed E-state index contributed by atoms with van der Waals surface area (Å²) in [5.41, 5.74) is 0.505. The van der Waals surface area contributed by atoms with Crippen LogP contribution in [0.2, 0.25) is 0 Å². The van der Waals surface area contributed by atoms with Gasteiger partial charge in [-0.2, -0.15) is 0 Å². The van der Waals surface area contributed by atoms with Gasteiger partial charge in [-0.3, -0.25) is 0 Å². The van der Waals surface area contributed by atoms with Gasteiger partial charge >= 0.3 is 5.97 Å². The lowest BCUT2D eigenvalue weighted by Gasteiger charge is -2.37. The molecule has 0 atom stereocenters. The topological polar surface area (TPSA) is 35.5 Å². The first-order valence-electron chi connectivity index (χ1n) is 7.99. The summed E-state index contributed by atoms with van der Waals surface area (Å²) < 4.78 is 10.9. The smallest absolute Gasteiger partial charge is 0.333 e. The van der Waals surface area contributed by atoms with Gasteiger partial charge in [0.1, 0.15) is 6.10 Å². The highest BCUT2D eigenvalue weighted by atomic mass is 16.5. The number of methoxy groups -OCH3 is 1. The van der Waals surface area contributed by atoms with Crippen molar-refractivity contribution < 1.29 is 14.3 Å². The molecule has 0 aliphatic heterocycles. The third kappa shape index (κ3) is 4.08. The lowest BCUT2D eigenvalue weighted by molar-refractivity contribution is -0.146. The summed E-state index contributed by atoms with van der Waals surface area (Å²) in [6.07, 6.45) is 10.1. The molecule has 0 spiro atoms. The molecule has 3 nitrogen and oxygen atoms in total. The third-order valence-corrected chi connectivity index (χ3v) is 5.06. The lowest BCUT2D eigenvalue weighted by atomic mass is 9.72. The molecule has 0 aromatic rings. The van der Waals surface area contributed by atoms with Crippen molar-refractivity contribution in [2.75, 3.05) is 7.11 Å². The first kappa shape index (κ1) is 15.6. The van der Waals surface area contributed by atoms with E-state index in [2.05, 4.69) is 6.58 Å². The maximum atomic E-state index is 11.5. The summed E-state index contributed by atoms with van der Waals surface area (Å²) in [5.74, 6) is 1.46. The van der Waals surface area contributed by atoms with Crippen molar-refractivity contribution in [1.82, 2.24) is 0 Å². The standard InChI is InChI=1S/C17H28O3/c1-12(2)17(18)20-16-10-6-14(7-11-16)13-4-8-15(19-3)9-5-13/h13-16H,1,4-11H2,2-3H3. The minimum atomic E-state index is -0.228. The summed E-state index contributed by atoms with van der Waals surface area (Å²) in [5, 5.41) is 0. The predicted octanol–water partition coefficient (Wildman–Crippen LogP) is 3.87. The van der Waals surface area contributed by atoms with Crippen LogP contribution in [-0.2, 0) is 14.3 Å². The van der Waals surface area contributed by atoms with Crippen molar-refractivity contribution in [2.24, 2.45) is 11.8 Å². The van der Waals surface area contributed by atoms with Gasteiger partial charge in [-0.15, -0.1) is 0 Å². The molecule has 0 bridgehead atoms. The van der Waals surface area contributed by atoms with E-state index in [1.807, 2.05) is 7.11 Å². The Morgan fingerprint density at radius 2 is 1.35 bits per heavy atom. The minimum absolute atomic E-state index is 0.116. The van der Waals surface area contributed by atoms with E-state index in [0.717, 1.165) is 24.7 Å². The molecule has 3 heteroatoms. The average Bonchev–Trinajstić information content (AvgIpc) is 2.48. The quantitative estimate of drug-likeness (QED) is 0.579. The lowest BCUT2D eigenvalue weighted by Crippen LogP contribution is -2.31. The van der Waals surface area contributed by atoms with Gasteiger partial charge in [0.2, 0.25) is 0 Å². The molecule has 0 unspecified atom stereocenters. The fraction of sp³-hybridized carbons (Fsp3) is 0.824. The molecule has 20 heavy (non-hydrogen) atoms. The molecular formula is C17H28O3. The Bertz CT molecular complexity index is 334. The van der Waals surface area contributed by atoms with Crippen molar-refractivity contribution in [3.63, 3.8) is 0 Å². The molecule has 2 aliphatic carbocycles. The third-order valence-electron chi connectivity index (χ3n) is 5.06. The second-order valence-electron chi connectivity index (χ2n) is 6.49. The molecule has 0 saturated heterocycles. The Labute approximate surface area is 122 Å². The molecule has 2 saturated carbocycles. The van der Waals surface area contributed by atoms with Crippen LogP contribution in [0.4, 0.5) is 0 Å². The maximum Gasteiger partial charge on any atom is 0.333 e. The predicted molar refractivity (Wildman–Crippen MR) is 79.4 cm³/mol. The summed E-state index contributed by atoms with van der Waals surface area (Å²) in [4.78, 5) is 11.5. The Morgan fingerprint density at radius 1 is 0.900 bits per heavy atom. The van der Waals surface area contributed by atoms with Crippen molar-refractivity contribution in [2.45, 2.75) is 70.5 Å². The van der Waals surface area contributed by atoms with E-state index >= 15 is 0 Å². The van der Waals surface area contributed by atoms with Crippen molar-refractivity contribution >= 4 is 5.97 Å². The van der Waals surface area contributed by atoms with E-state index in [9.17, 15) is 4.79 Å². The number of rotatable bonds is 4. The van der Waals surface area contributed by atoms with Crippen LogP contribution in [0.5, 0.6) is 0 Å². The van der Waals surface area contributed by atoms with Crippen LogP contribution >= 0.6 is 0 Å². The van der Waals surface area contributed by atoms with Crippen LogP contribution in [0, 0.1) is 11.8 Å². The number of carbonyl (C=O) groups excluding carboxylic acids is 1. The van der Waals surface area contributed by atoms with Crippen LogP contribution in [0.25, 0.3) is 0 Å². The highest BCUT2D eigenvalue weighted by Gasteiger charge is 2.31. The van der Waals surface area contributed by atoms with Gasteiger partial charge in [-0.1, -0.05) is 6.58 Å². The second-order valence-corrected chi connectivity index (χ2v) is 6.49. The van der Waals surface area contributed by atoms with E-state index in [1.165, 1.54) is 38.5 Å².